The van der Waals surface area contributed by atoms with Crippen LogP contribution in [0.2, 0.25) is 0 Å². The molecule has 2 atom stereocenters. The number of hydrogen-bond acceptors (Lipinski definition) is 3. The molecule has 1 N–H and O–H groups in total. The standard InChI is InChI=1S/C16H30N2O3/c1-6-12(2)14(19)18-9-7-8-13(10-18)15(20)17(5)11-16(3,4)21/h12-13,21H,6-11H2,1-5H3. The highest BCUT2D eigenvalue weighted by atomic mass is 16.3. The molecular weight excluding hydrogens is 268 g/mol. The number of hydrogen-bond donors (Lipinski definition) is 1. The van der Waals surface area contributed by atoms with E-state index in [1.54, 1.807) is 25.8 Å². The monoisotopic (exact) mass is 298 g/mol. The number of amides is 2. The van der Waals surface area contributed by atoms with Crippen LogP contribution in [0, 0.1) is 11.8 Å². The van der Waals surface area contributed by atoms with Gasteiger partial charge in [-0.3, -0.25) is 9.59 Å². The molecule has 0 radical (unpaired) electrons. The lowest BCUT2D eigenvalue weighted by molar-refractivity contribution is -0.143. The molecule has 5 heteroatoms. The van der Waals surface area contributed by atoms with Gasteiger partial charge in [0.05, 0.1) is 11.5 Å². The SMILES string of the molecule is CCC(C)C(=O)N1CCCC(C(=O)N(C)CC(C)(C)O)C1. The van der Waals surface area contributed by atoms with Gasteiger partial charge in [-0.05, 0) is 33.1 Å². The smallest absolute Gasteiger partial charge is 0.227 e. The molecule has 1 rings (SSSR count). The molecule has 2 amide bonds. The Kier molecular flexibility index (Phi) is 6.20. The van der Waals surface area contributed by atoms with Crippen LogP contribution in [-0.4, -0.2) is 59.0 Å². The summed E-state index contributed by atoms with van der Waals surface area (Å²) in [5.41, 5.74) is -0.898. The second-order valence-corrected chi connectivity index (χ2v) is 6.94. The van der Waals surface area contributed by atoms with Crippen molar-refractivity contribution in [2.24, 2.45) is 11.8 Å². The molecule has 0 aliphatic carbocycles. The number of rotatable bonds is 5. The summed E-state index contributed by atoms with van der Waals surface area (Å²) in [5.74, 6) is 0.0611. The van der Waals surface area contributed by atoms with Crippen molar-refractivity contribution in [2.45, 2.75) is 52.6 Å². The van der Waals surface area contributed by atoms with E-state index in [0.29, 0.717) is 13.1 Å². The second-order valence-electron chi connectivity index (χ2n) is 6.94. The van der Waals surface area contributed by atoms with Crippen LogP contribution in [0.25, 0.3) is 0 Å². The minimum absolute atomic E-state index is 0.0213. The molecule has 122 valence electrons. The Hall–Kier alpha value is -1.10. The average molecular weight is 298 g/mol. The molecule has 0 aromatic carbocycles. The number of carbonyl (C=O) groups is 2. The first-order valence-corrected chi connectivity index (χ1v) is 7.92. The number of piperidine rings is 1. The van der Waals surface area contributed by atoms with E-state index in [-0.39, 0.29) is 23.7 Å². The Morgan fingerprint density at radius 1 is 1.43 bits per heavy atom. The maximum absolute atomic E-state index is 12.5. The third-order valence-electron chi connectivity index (χ3n) is 4.12. The van der Waals surface area contributed by atoms with E-state index in [1.165, 1.54) is 0 Å². The largest absolute Gasteiger partial charge is 0.389 e. The Labute approximate surface area is 128 Å². The van der Waals surface area contributed by atoms with Gasteiger partial charge in [0.15, 0.2) is 0 Å². The third-order valence-corrected chi connectivity index (χ3v) is 4.12. The summed E-state index contributed by atoms with van der Waals surface area (Å²) in [6.45, 7) is 8.90. The zero-order valence-corrected chi connectivity index (χ0v) is 14.1. The van der Waals surface area contributed by atoms with Gasteiger partial charge in [-0.25, -0.2) is 0 Å². The number of likely N-dealkylation sites (tertiary alicyclic amines) is 1. The number of nitrogens with zero attached hydrogens (tertiary/aromatic N) is 2. The molecule has 0 aromatic heterocycles. The van der Waals surface area contributed by atoms with Crippen LogP contribution in [0.4, 0.5) is 0 Å². The molecule has 0 saturated carbocycles. The van der Waals surface area contributed by atoms with E-state index in [2.05, 4.69) is 0 Å². The zero-order chi connectivity index (χ0) is 16.2. The fourth-order valence-corrected chi connectivity index (χ4v) is 2.84. The van der Waals surface area contributed by atoms with Crippen LogP contribution in [0.1, 0.15) is 47.0 Å². The summed E-state index contributed by atoms with van der Waals surface area (Å²) < 4.78 is 0. The average Bonchev–Trinajstić information content (AvgIpc) is 2.43. The Morgan fingerprint density at radius 3 is 2.57 bits per heavy atom. The van der Waals surface area contributed by atoms with Crippen LogP contribution < -0.4 is 0 Å². The van der Waals surface area contributed by atoms with Gasteiger partial charge in [0, 0.05) is 32.6 Å². The van der Waals surface area contributed by atoms with Crippen LogP contribution in [0.5, 0.6) is 0 Å². The first-order chi connectivity index (χ1) is 9.65. The molecule has 1 aliphatic rings. The van der Waals surface area contributed by atoms with Gasteiger partial charge in [-0.1, -0.05) is 13.8 Å². The molecule has 0 aromatic rings. The highest BCUT2D eigenvalue weighted by Gasteiger charge is 2.32. The lowest BCUT2D eigenvalue weighted by atomic mass is 9.94. The fraction of sp³-hybridized carbons (Fsp3) is 0.875. The number of likely N-dealkylation sites (N-methyl/N-ethyl adjacent to an activating group) is 1. The van der Waals surface area contributed by atoms with Gasteiger partial charge in [-0.2, -0.15) is 0 Å². The topological polar surface area (TPSA) is 60.9 Å². The maximum Gasteiger partial charge on any atom is 0.227 e. The van der Waals surface area contributed by atoms with E-state index < -0.39 is 5.60 Å². The highest BCUT2D eigenvalue weighted by Crippen LogP contribution is 2.21. The van der Waals surface area contributed by atoms with Gasteiger partial charge in [-0.15, -0.1) is 0 Å². The number of aliphatic hydroxyl groups is 1. The van der Waals surface area contributed by atoms with Crippen LogP contribution >= 0.6 is 0 Å². The summed E-state index contributed by atoms with van der Waals surface area (Å²) in [4.78, 5) is 28.1. The van der Waals surface area contributed by atoms with Crippen molar-refractivity contribution < 1.29 is 14.7 Å². The van der Waals surface area contributed by atoms with Crippen molar-refractivity contribution in [1.82, 2.24) is 9.80 Å². The third kappa shape index (κ3) is 5.30. The molecular formula is C16H30N2O3. The van der Waals surface area contributed by atoms with E-state index >= 15 is 0 Å². The van der Waals surface area contributed by atoms with E-state index in [0.717, 1.165) is 25.8 Å². The highest BCUT2D eigenvalue weighted by molar-refractivity contribution is 5.82. The van der Waals surface area contributed by atoms with Crippen molar-refractivity contribution in [3.05, 3.63) is 0 Å². The normalized spacial score (nSPS) is 21.0. The van der Waals surface area contributed by atoms with Gasteiger partial charge < -0.3 is 14.9 Å². The maximum atomic E-state index is 12.5. The molecule has 21 heavy (non-hydrogen) atoms. The van der Waals surface area contributed by atoms with Gasteiger partial charge in [0.2, 0.25) is 11.8 Å². The lowest BCUT2D eigenvalue weighted by Crippen LogP contribution is -2.49. The van der Waals surface area contributed by atoms with E-state index in [9.17, 15) is 14.7 Å². The molecule has 1 heterocycles. The van der Waals surface area contributed by atoms with Crippen LogP contribution in [-0.2, 0) is 9.59 Å². The first kappa shape index (κ1) is 18.0. The minimum atomic E-state index is -0.898. The summed E-state index contributed by atoms with van der Waals surface area (Å²) >= 11 is 0. The predicted molar refractivity (Wildman–Crippen MR) is 82.7 cm³/mol. The van der Waals surface area contributed by atoms with Crippen molar-refractivity contribution in [2.75, 3.05) is 26.7 Å². The fourth-order valence-electron chi connectivity index (χ4n) is 2.84. The minimum Gasteiger partial charge on any atom is -0.389 e. The molecule has 1 fully saturated rings. The van der Waals surface area contributed by atoms with Crippen molar-refractivity contribution in [3.63, 3.8) is 0 Å². The predicted octanol–water partition coefficient (Wildman–Crippen LogP) is 1.50. The van der Waals surface area contributed by atoms with Crippen molar-refractivity contribution >= 4 is 11.8 Å². The van der Waals surface area contributed by atoms with Crippen molar-refractivity contribution in [1.29, 1.82) is 0 Å². The Morgan fingerprint density at radius 2 is 2.05 bits per heavy atom. The van der Waals surface area contributed by atoms with Gasteiger partial charge in [0.25, 0.3) is 0 Å². The first-order valence-electron chi connectivity index (χ1n) is 7.92. The molecule has 1 saturated heterocycles. The summed E-state index contributed by atoms with van der Waals surface area (Å²) in [7, 11) is 1.72. The molecule has 2 unspecified atom stereocenters. The summed E-state index contributed by atoms with van der Waals surface area (Å²) in [6, 6.07) is 0. The number of carbonyl (C=O) groups excluding carboxylic acids is 2. The van der Waals surface area contributed by atoms with Crippen LogP contribution in [0.15, 0.2) is 0 Å². The zero-order valence-electron chi connectivity index (χ0n) is 14.1. The molecule has 0 bridgehead atoms. The van der Waals surface area contributed by atoms with Gasteiger partial charge >= 0.3 is 0 Å². The van der Waals surface area contributed by atoms with Crippen molar-refractivity contribution in [3.8, 4) is 0 Å². The summed E-state index contributed by atoms with van der Waals surface area (Å²) in [6.07, 6.45) is 2.51. The second kappa shape index (κ2) is 7.25. The summed E-state index contributed by atoms with van der Waals surface area (Å²) in [5, 5.41) is 9.82. The molecule has 1 aliphatic heterocycles. The molecule has 5 nitrogen and oxygen atoms in total. The Bertz CT molecular complexity index is 376. The van der Waals surface area contributed by atoms with Crippen LogP contribution in [0.3, 0.4) is 0 Å². The van der Waals surface area contributed by atoms with Gasteiger partial charge in [0.1, 0.15) is 0 Å². The molecule has 0 spiro atoms. The van der Waals surface area contributed by atoms with E-state index in [4.69, 9.17) is 0 Å². The Balaban J connectivity index is 2.63. The lowest BCUT2D eigenvalue weighted by Gasteiger charge is -2.36. The quantitative estimate of drug-likeness (QED) is 0.837. The van der Waals surface area contributed by atoms with E-state index in [1.807, 2.05) is 18.7 Å².